The molecule has 1 fully saturated rings. The highest BCUT2D eigenvalue weighted by atomic mass is 35.5. The number of aliphatic hydroxyl groups is 1. The van der Waals surface area contributed by atoms with Crippen molar-refractivity contribution in [3.63, 3.8) is 0 Å². The van der Waals surface area contributed by atoms with Crippen LogP contribution in [0, 0.1) is 0 Å². The third kappa shape index (κ3) is 2.32. The summed E-state index contributed by atoms with van der Waals surface area (Å²) in [6.07, 6.45) is -0.980. The van der Waals surface area contributed by atoms with Crippen LogP contribution in [-0.2, 0) is 14.3 Å². The molecule has 1 rings (SSSR count). The summed E-state index contributed by atoms with van der Waals surface area (Å²) in [6.45, 7) is 1.39. The number of alkyl halides is 1. The zero-order valence-corrected chi connectivity index (χ0v) is 7.75. The van der Waals surface area contributed by atoms with E-state index < -0.39 is 29.4 Å². The molecule has 1 unspecified atom stereocenters. The predicted molar refractivity (Wildman–Crippen MR) is 44.2 cm³/mol. The lowest BCUT2D eigenvalue weighted by molar-refractivity contribution is -0.141. The summed E-state index contributed by atoms with van der Waals surface area (Å²) < 4.78 is 4.51. The van der Waals surface area contributed by atoms with Gasteiger partial charge in [0.25, 0.3) is 0 Å². The van der Waals surface area contributed by atoms with E-state index in [-0.39, 0.29) is 6.61 Å². The van der Waals surface area contributed by atoms with E-state index in [4.69, 9.17) is 11.6 Å². The fourth-order valence-corrected chi connectivity index (χ4v) is 0.997. The van der Waals surface area contributed by atoms with Crippen molar-refractivity contribution in [2.45, 2.75) is 24.4 Å². The highest BCUT2D eigenvalue weighted by Crippen LogP contribution is 2.07. The number of carbonyl (C=O) groups excluding carboxylic acids is 2. The number of halogens is 1. The number of hydrogen-bond acceptors (Lipinski definition) is 4. The average Bonchev–Trinajstić information content (AvgIpc) is 2.35. The van der Waals surface area contributed by atoms with Crippen LogP contribution in [0.5, 0.6) is 0 Å². The van der Waals surface area contributed by atoms with E-state index in [1.54, 1.807) is 0 Å². The molecule has 0 bridgehead atoms. The van der Waals surface area contributed by atoms with Crippen molar-refractivity contribution >= 4 is 23.5 Å². The molecule has 0 aromatic rings. The van der Waals surface area contributed by atoms with Crippen LogP contribution in [-0.4, -0.2) is 41.1 Å². The molecular weight excluding hydrogens is 198 g/mol. The molecule has 0 saturated carbocycles. The molecule has 1 aliphatic rings. The summed E-state index contributed by atoms with van der Waals surface area (Å²) in [7, 11) is 0. The number of aliphatic hydroxyl groups excluding tert-OH is 1. The van der Waals surface area contributed by atoms with Crippen LogP contribution >= 0.6 is 11.6 Å². The van der Waals surface area contributed by atoms with Crippen LogP contribution in [0.15, 0.2) is 0 Å². The summed E-state index contributed by atoms with van der Waals surface area (Å²) in [4.78, 5) is 21.9. The van der Waals surface area contributed by atoms with Crippen molar-refractivity contribution in [1.82, 2.24) is 5.32 Å². The Morgan fingerprint density at radius 1 is 1.85 bits per heavy atom. The topological polar surface area (TPSA) is 75.6 Å². The fraction of sp³-hybridized carbons (Fsp3) is 0.714. The zero-order chi connectivity index (χ0) is 10.0. The molecule has 0 spiro atoms. The minimum absolute atomic E-state index is 0.0829. The highest BCUT2D eigenvalue weighted by molar-refractivity contribution is 6.30. The lowest BCUT2D eigenvalue weighted by Crippen LogP contribution is -2.47. The van der Waals surface area contributed by atoms with Gasteiger partial charge in [0.1, 0.15) is 18.1 Å². The summed E-state index contributed by atoms with van der Waals surface area (Å²) >= 11 is 5.46. The van der Waals surface area contributed by atoms with Crippen LogP contribution in [0.2, 0.25) is 0 Å². The number of hydrogen-bond donors (Lipinski definition) is 2. The molecule has 0 aliphatic carbocycles. The van der Waals surface area contributed by atoms with Crippen molar-refractivity contribution in [2.75, 3.05) is 6.61 Å². The Morgan fingerprint density at radius 3 is 2.85 bits per heavy atom. The van der Waals surface area contributed by atoms with Crippen molar-refractivity contribution in [3.05, 3.63) is 0 Å². The number of esters is 1. The number of ether oxygens (including phenoxy) is 1. The Hall–Kier alpha value is -0.810. The lowest BCUT2D eigenvalue weighted by Gasteiger charge is -2.12. The van der Waals surface area contributed by atoms with Gasteiger partial charge in [-0.2, -0.15) is 0 Å². The Balaban J connectivity index is 2.52. The molecule has 1 saturated heterocycles. The van der Waals surface area contributed by atoms with Crippen LogP contribution in [0.3, 0.4) is 0 Å². The predicted octanol–water partition coefficient (Wildman–Crippen LogP) is -0.984. The normalized spacial score (nSPS) is 29.6. The molecule has 3 atom stereocenters. The van der Waals surface area contributed by atoms with E-state index in [9.17, 15) is 14.7 Å². The average molecular weight is 208 g/mol. The first-order chi connectivity index (χ1) is 6.02. The molecule has 0 aromatic carbocycles. The molecule has 0 aromatic heterocycles. The number of nitrogens with one attached hydrogen (secondary N) is 1. The van der Waals surface area contributed by atoms with Gasteiger partial charge in [0, 0.05) is 0 Å². The van der Waals surface area contributed by atoms with Gasteiger partial charge in [-0.25, -0.2) is 4.79 Å². The minimum atomic E-state index is -0.980. The van der Waals surface area contributed by atoms with Crippen molar-refractivity contribution in [2.24, 2.45) is 0 Å². The second-order valence-electron chi connectivity index (χ2n) is 2.80. The second-order valence-corrected chi connectivity index (χ2v) is 3.45. The summed E-state index contributed by atoms with van der Waals surface area (Å²) in [6, 6.07) is -0.978. The zero-order valence-electron chi connectivity index (χ0n) is 6.99. The van der Waals surface area contributed by atoms with E-state index in [0.717, 1.165) is 0 Å². The maximum Gasteiger partial charge on any atom is 0.331 e. The van der Waals surface area contributed by atoms with E-state index in [0.29, 0.717) is 0 Å². The van der Waals surface area contributed by atoms with Gasteiger partial charge < -0.3 is 15.2 Å². The van der Waals surface area contributed by atoms with Crippen LogP contribution in [0.25, 0.3) is 0 Å². The van der Waals surface area contributed by atoms with Gasteiger partial charge in [0.15, 0.2) is 6.04 Å². The Kier molecular flexibility index (Phi) is 3.11. The van der Waals surface area contributed by atoms with Gasteiger partial charge in [0.2, 0.25) is 5.91 Å². The van der Waals surface area contributed by atoms with Gasteiger partial charge in [-0.15, -0.1) is 11.6 Å². The maximum atomic E-state index is 11.0. The van der Waals surface area contributed by atoms with E-state index >= 15 is 0 Å². The number of rotatable bonds is 2. The monoisotopic (exact) mass is 207 g/mol. The summed E-state index contributed by atoms with van der Waals surface area (Å²) in [5, 5.41) is 10.7. The number of amides is 1. The van der Waals surface area contributed by atoms with Crippen LogP contribution in [0.4, 0.5) is 0 Å². The van der Waals surface area contributed by atoms with Gasteiger partial charge in [-0.05, 0) is 6.92 Å². The quantitative estimate of drug-likeness (QED) is 0.451. The Bertz CT molecular complexity index is 231. The first-order valence-electron chi connectivity index (χ1n) is 3.81. The molecule has 1 aliphatic heterocycles. The molecule has 1 heterocycles. The maximum absolute atomic E-state index is 11.0. The molecule has 13 heavy (non-hydrogen) atoms. The first kappa shape index (κ1) is 10.3. The number of carbonyl (C=O) groups is 2. The highest BCUT2D eigenvalue weighted by Gasteiger charge is 2.37. The van der Waals surface area contributed by atoms with Crippen LogP contribution < -0.4 is 5.32 Å². The third-order valence-corrected chi connectivity index (χ3v) is 1.89. The minimum Gasteiger partial charge on any atom is -0.461 e. The molecule has 0 radical (unpaired) electrons. The molecule has 2 N–H and O–H groups in total. The third-order valence-electron chi connectivity index (χ3n) is 1.69. The summed E-state index contributed by atoms with van der Waals surface area (Å²) in [5.74, 6) is -1.12. The van der Waals surface area contributed by atoms with E-state index in [1.807, 2.05) is 0 Å². The lowest BCUT2D eigenvalue weighted by atomic mass is 10.2. The smallest absolute Gasteiger partial charge is 0.331 e. The molecule has 5 nitrogen and oxygen atoms in total. The molecule has 6 heteroatoms. The largest absolute Gasteiger partial charge is 0.461 e. The van der Waals surface area contributed by atoms with Gasteiger partial charge in [-0.1, -0.05) is 0 Å². The number of cyclic esters (lactones) is 1. The molecular formula is C7H10ClNO4. The van der Waals surface area contributed by atoms with Crippen molar-refractivity contribution < 1.29 is 19.4 Å². The van der Waals surface area contributed by atoms with Crippen LogP contribution in [0.1, 0.15) is 6.92 Å². The van der Waals surface area contributed by atoms with Crippen molar-refractivity contribution in [1.29, 1.82) is 0 Å². The Labute approximate surface area is 80.0 Å². The SMILES string of the molecule is CC(Cl)C(=O)N[C@@H]1C(=O)OC[C@@H]1O. The summed E-state index contributed by atoms with van der Waals surface area (Å²) in [5.41, 5.74) is 0. The van der Waals surface area contributed by atoms with Gasteiger partial charge in [-0.3, -0.25) is 4.79 Å². The second kappa shape index (κ2) is 3.93. The van der Waals surface area contributed by atoms with E-state index in [2.05, 4.69) is 10.1 Å². The van der Waals surface area contributed by atoms with E-state index in [1.165, 1.54) is 6.92 Å². The van der Waals surface area contributed by atoms with Gasteiger partial charge >= 0.3 is 5.97 Å². The Morgan fingerprint density at radius 2 is 2.46 bits per heavy atom. The molecule has 74 valence electrons. The van der Waals surface area contributed by atoms with Crippen molar-refractivity contribution in [3.8, 4) is 0 Å². The molecule has 1 amide bonds. The van der Waals surface area contributed by atoms with Gasteiger partial charge in [0.05, 0.1) is 0 Å². The first-order valence-corrected chi connectivity index (χ1v) is 4.25. The fourth-order valence-electron chi connectivity index (χ4n) is 0.934. The standard InChI is InChI=1S/C7H10ClNO4/c1-3(8)6(11)9-5-4(10)2-13-7(5)12/h3-5,10H,2H2,1H3,(H,9,11)/t3?,4-,5-/m0/s1.